The van der Waals surface area contributed by atoms with Crippen molar-refractivity contribution >= 4 is 17.8 Å². The number of amidine groups is 1. The van der Waals surface area contributed by atoms with Gasteiger partial charge in [0.25, 0.3) is 0 Å². The fourth-order valence-electron chi connectivity index (χ4n) is 3.19. The molecule has 0 radical (unpaired) electrons. The number of hydrogen-bond acceptors (Lipinski definition) is 4. The van der Waals surface area contributed by atoms with Crippen molar-refractivity contribution in [3.8, 4) is 0 Å². The largest absolute Gasteiger partial charge is 0.453 e. The summed E-state index contributed by atoms with van der Waals surface area (Å²) in [6.07, 6.45) is 3.95. The fourth-order valence-corrected chi connectivity index (χ4v) is 3.19. The summed E-state index contributed by atoms with van der Waals surface area (Å²) in [6, 6.07) is -0.830. The van der Waals surface area contributed by atoms with E-state index < -0.39 is 12.1 Å². The van der Waals surface area contributed by atoms with E-state index in [9.17, 15) is 9.59 Å². The van der Waals surface area contributed by atoms with Crippen LogP contribution in [0.4, 0.5) is 4.79 Å². The number of amides is 2. The molecule has 1 fully saturated rings. The Labute approximate surface area is 157 Å². The Hall–Kier alpha value is -2.05. The van der Waals surface area contributed by atoms with Crippen LogP contribution in [0, 0.1) is 5.92 Å². The summed E-state index contributed by atoms with van der Waals surface area (Å²) in [5, 5.41) is 2.64. The van der Waals surface area contributed by atoms with E-state index in [1.165, 1.54) is 12.7 Å². The van der Waals surface area contributed by atoms with Crippen LogP contribution < -0.4 is 11.1 Å². The molecule has 0 aromatic heterocycles. The summed E-state index contributed by atoms with van der Waals surface area (Å²) in [5.41, 5.74) is 7.46. The molecule has 1 heterocycles. The molecule has 3 N–H and O–H groups in total. The van der Waals surface area contributed by atoms with Gasteiger partial charge in [-0.15, -0.1) is 0 Å². The van der Waals surface area contributed by atoms with Crippen LogP contribution in [0.5, 0.6) is 0 Å². The lowest BCUT2D eigenvalue weighted by molar-refractivity contribution is -0.134. The second-order valence-corrected chi connectivity index (χ2v) is 7.06. The molecule has 0 aliphatic carbocycles. The lowest BCUT2D eigenvalue weighted by atomic mass is 10.0. The first-order valence-electron chi connectivity index (χ1n) is 9.37. The van der Waals surface area contributed by atoms with Gasteiger partial charge in [-0.3, -0.25) is 9.79 Å². The van der Waals surface area contributed by atoms with Crippen LogP contribution in [0.15, 0.2) is 16.6 Å². The topological polar surface area (TPSA) is 97.0 Å². The predicted octanol–water partition coefficient (Wildman–Crippen LogP) is 2.46. The zero-order valence-corrected chi connectivity index (χ0v) is 16.9. The average Bonchev–Trinajstić information content (AvgIpc) is 3.12. The highest BCUT2D eigenvalue weighted by Gasteiger charge is 2.37. The van der Waals surface area contributed by atoms with Crippen molar-refractivity contribution in [3.05, 3.63) is 11.6 Å². The maximum Gasteiger partial charge on any atom is 0.407 e. The zero-order valence-electron chi connectivity index (χ0n) is 16.9. The third-order valence-electron chi connectivity index (χ3n) is 4.94. The number of alkyl carbamates (subject to hydrolysis) is 1. The van der Waals surface area contributed by atoms with Gasteiger partial charge in [-0.2, -0.15) is 0 Å². The Morgan fingerprint density at radius 2 is 2.08 bits per heavy atom. The fraction of sp³-hybridized carbons (Fsp3) is 0.737. The third kappa shape index (κ3) is 5.47. The predicted molar refractivity (Wildman–Crippen MR) is 104 cm³/mol. The number of hydrogen-bond donors (Lipinski definition) is 2. The Bertz CT molecular complexity index is 557. The summed E-state index contributed by atoms with van der Waals surface area (Å²) in [4.78, 5) is 31.1. The van der Waals surface area contributed by atoms with E-state index in [1.807, 2.05) is 33.8 Å². The van der Waals surface area contributed by atoms with E-state index in [-0.39, 0.29) is 23.9 Å². The molecule has 0 spiro atoms. The van der Waals surface area contributed by atoms with Crippen LogP contribution in [-0.4, -0.2) is 54.5 Å². The van der Waals surface area contributed by atoms with Crippen molar-refractivity contribution < 1.29 is 14.3 Å². The second-order valence-electron chi connectivity index (χ2n) is 7.06. The molecule has 0 bridgehead atoms. The number of carbonyl (C=O) groups is 2. The number of carbonyl (C=O) groups excluding carboxylic acids is 2. The third-order valence-corrected chi connectivity index (χ3v) is 4.94. The molecular weight excluding hydrogens is 332 g/mol. The Balaban J connectivity index is 3.00. The maximum absolute atomic E-state index is 13.0. The SMILES string of the molecule is C/C=C(\C)C(CC)N=C(N)[C@@H]1CCCN1C(=O)C(NC(=O)OC)C(C)C. The van der Waals surface area contributed by atoms with E-state index in [2.05, 4.69) is 22.0 Å². The van der Waals surface area contributed by atoms with Crippen LogP contribution >= 0.6 is 0 Å². The minimum atomic E-state index is -0.643. The second kappa shape index (κ2) is 10.2. The molecule has 0 aromatic rings. The number of nitrogens with zero attached hydrogens (tertiary/aromatic N) is 2. The number of aliphatic imine (C=N–C) groups is 1. The highest BCUT2D eigenvalue weighted by molar-refractivity contribution is 5.93. The van der Waals surface area contributed by atoms with Crippen molar-refractivity contribution in [1.29, 1.82) is 0 Å². The van der Waals surface area contributed by atoms with Gasteiger partial charge < -0.3 is 20.7 Å². The van der Waals surface area contributed by atoms with Crippen molar-refractivity contribution in [2.24, 2.45) is 16.6 Å². The molecule has 7 nitrogen and oxygen atoms in total. The van der Waals surface area contributed by atoms with Gasteiger partial charge in [0.15, 0.2) is 0 Å². The van der Waals surface area contributed by atoms with E-state index in [1.54, 1.807) is 4.90 Å². The van der Waals surface area contributed by atoms with Crippen LogP contribution in [0.3, 0.4) is 0 Å². The molecule has 1 aliphatic heterocycles. The molecule has 1 aliphatic rings. The van der Waals surface area contributed by atoms with Crippen LogP contribution in [-0.2, 0) is 9.53 Å². The average molecular weight is 367 g/mol. The number of ether oxygens (including phenoxy) is 1. The molecule has 1 rings (SSSR count). The first-order chi connectivity index (χ1) is 12.3. The number of nitrogens with one attached hydrogen (secondary N) is 1. The highest BCUT2D eigenvalue weighted by atomic mass is 16.5. The first-order valence-corrected chi connectivity index (χ1v) is 9.37. The standard InChI is InChI=1S/C19H34N4O3/c1-7-13(5)14(8-2)21-17(20)15-10-9-11-23(15)18(24)16(12(3)4)22-19(25)26-6/h7,12,14-16H,8-11H2,1-6H3,(H2,20,21)(H,22,25)/b13-7+/t14?,15-,16?/m0/s1. The van der Waals surface area contributed by atoms with Crippen LogP contribution in [0.25, 0.3) is 0 Å². The number of methoxy groups -OCH3 is 1. The van der Waals surface area contributed by atoms with Crippen molar-refractivity contribution in [2.45, 2.75) is 72.0 Å². The maximum atomic E-state index is 13.0. The highest BCUT2D eigenvalue weighted by Crippen LogP contribution is 2.21. The monoisotopic (exact) mass is 366 g/mol. The van der Waals surface area contributed by atoms with Gasteiger partial charge in [-0.05, 0) is 39.0 Å². The van der Waals surface area contributed by atoms with Gasteiger partial charge >= 0.3 is 6.09 Å². The molecular formula is C19H34N4O3. The molecule has 2 amide bonds. The summed E-state index contributed by atoms with van der Waals surface area (Å²) in [6.45, 7) is 10.5. The minimum absolute atomic E-state index is 0.0339. The molecule has 0 aromatic carbocycles. The quantitative estimate of drug-likeness (QED) is 0.411. The molecule has 1 saturated heterocycles. The van der Waals surface area contributed by atoms with Gasteiger partial charge in [0.1, 0.15) is 11.9 Å². The van der Waals surface area contributed by atoms with E-state index in [0.29, 0.717) is 12.4 Å². The van der Waals surface area contributed by atoms with Crippen LogP contribution in [0.2, 0.25) is 0 Å². The lowest BCUT2D eigenvalue weighted by Crippen LogP contribution is -2.54. The molecule has 2 unspecified atom stereocenters. The van der Waals surface area contributed by atoms with E-state index in [0.717, 1.165) is 19.3 Å². The molecule has 0 saturated carbocycles. The van der Waals surface area contributed by atoms with E-state index >= 15 is 0 Å². The number of allylic oxidation sites excluding steroid dienone is 1. The zero-order chi connectivity index (χ0) is 19.9. The summed E-state index contributed by atoms with van der Waals surface area (Å²) in [5.74, 6) is 0.293. The first kappa shape index (κ1) is 22.0. The number of likely N-dealkylation sites (tertiary alicyclic amines) is 1. The van der Waals surface area contributed by atoms with Gasteiger partial charge in [-0.1, -0.05) is 32.4 Å². The minimum Gasteiger partial charge on any atom is -0.453 e. The number of rotatable bonds is 7. The smallest absolute Gasteiger partial charge is 0.407 e. The van der Waals surface area contributed by atoms with Gasteiger partial charge in [0.05, 0.1) is 19.2 Å². The number of nitrogens with two attached hydrogens (primary N) is 1. The van der Waals surface area contributed by atoms with Gasteiger partial charge in [0.2, 0.25) is 5.91 Å². The summed E-state index contributed by atoms with van der Waals surface area (Å²) >= 11 is 0. The lowest BCUT2D eigenvalue weighted by Gasteiger charge is -2.31. The van der Waals surface area contributed by atoms with Crippen molar-refractivity contribution in [2.75, 3.05) is 13.7 Å². The van der Waals surface area contributed by atoms with Gasteiger partial charge in [-0.25, -0.2) is 4.79 Å². The summed E-state index contributed by atoms with van der Waals surface area (Å²) in [7, 11) is 1.29. The summed E-state index contributed by atoms with van der Waals surface area (Å²) < 4.78 is 4.65. The van der Waals surface area contributed by atoms with E-state index in [4.69, 9.17) is 5.73 Å². The Morgan fingerprint density at radius 1 is 1.42 bits per heavy atom. The van der Waals surface area contributed by atoms with Crippen LogP contribution in [0.1, 0.15) is 53.9 Å². The van der Waals surface area contributed by atoms with Gasteiger partial charge in [0, 0.05) is 6.54 Å². The Kier molecular flexibility index (Phi) is 8.61. The van der Waals surface area contributed by atoms with Crippen molar-refractivity contribution in [3.63, 3.8) is 0 Å². The molecule has 3 atom stereocenters. The molecule has 26 heavy (non-hydrogen) atoms. The van der Waals surface area contributed by atoms with Crippen molar-refractivity contribution in [1.82, 2.24) is 10.2 Å². The normalized spacial score (nSPS) is 20.9. The molecule has 7 heteroatoms. The molecule has 148 valence electrons. The Morgan fingerprint density at radius 3 is 2.58 bits per heavy atom.